The van der Waals surface area contributed by atoms with Gasteiger partial charge < -0.3 is 24.9 Å². The second-order valence-electron chi connectivity index (χ2n) is 7.60. The molecule has 0 saturated carbocycles. The molecule has 1 aromatic heterocycles. The van der Waals surface area contributed by atoms with E-state index in [4.69, 9.17) is 4.42 Å². The summed E-state index contributed by atoms with van der Waals surface area (Å²) in [5.74, 6) is 0.575. The van der Waals surface area contributed by atoms with Crippen molar-refractivity contribution in [2.45, 2.75) is 18.9 Å². The highest BCUT2D eigenvalue weighted by molar-refractivity contribution is 6.04. The van der Waals surface area contributed by atoms with Crippen molar-refractivity contribution < 1.29 is 9.21 Å². The van der Waals surface area contributed by atoms with E-state index in [1.807, 2.05) is 18.2 Å². The maximum absolute atomic E-state index is 13.0. The Labute approximate surface area is 152 Å². The number of piperidine rings is 3. The van der Waals surface area contributed by atoms with Gasteiger partial charge in [0.25, 0.3) is 11.9 Å². The molecule has 4 aliphatic rings. The molecule has 138 valence electrons. The van der Waals surface area contributed by atoms with Crippen LogP contribution < -0.4 is 15.5 Å². The Balaban J connectivity index is 1.39. The van der Waals surface area contributed by atoms with Crippen molar-refractivity contribution >= 4 is 23.0 Å². The van der Waals surface area contributed by atoms with Gasteiger partial charge >= 0.3 is 0 Å². The van der Waals surface area contributed by atoms with Crippen molar-refractivity contribution in [1.29, 1.82) is 0 Å². The third-order valence-electron chi connectivity index (χ3n) is 6.01. The van der Waals surface area contributed by atoms with Gasteiger partial charge in [0, 0.05) is 38.8 Å². The Morgan fingerprint density at radius 1 is 1.19 bits per heavy atom. The van der Waals surface area contributed by atoms with Crippen LogP contribution in [0.5, 0.6) is 0 Å². The monoisotopic (exact) mass is 355 g/mol. The van der Waals surface area contributed by atoms with Crippen LogP contribution in [0, 0.1) is 5.92 Å². The molecule has 2 bridgehead atoms. The van der Waals surface area contributed by atoms with Crippen LogP contribution in [0.2, 0.25) is 0 Å². The standard InChI is InChI=1S/C19H25N5O2/c25-18(21-15-12-23-8-4-13(15)5-9-23)14-2-1-3-16-17(14)22-19(26-16)24-10-6-20-7-11-24/h1-3,13,15,20H,4-12H2,(H,21,25). The Morgan fingerprint density at radius 2 is 2.00 bits per heavy atom. The maximum atomic E-state index is 13.0. The van der Waals surface area contributed by atoms with Crippen LogP contribution >= 0.6 is 0 Å². The summed E-state index contributed by atoms with van der Waals surface area (Å²) in [6.07, 6.45) is 2.37. The largest absolute Gasteiger partial charge is 0.423 e. The van der Waals surface area contributed by atoms with E-state index in [0.29, 0.717) is 28.6 Å². The fraction of sp³-hybridized carbons (Fsp3) is 0.579. The molecular formula is C19H25N5O2. The number of carbonyl (C=O) groups is 1. The van der Waals surface area contributed by atoms with E-state index in [1.54, 1.807) is 0 Å². The number of carbonyl (C=O) groups excluding carboxylic acids is 1. The predicted molar refractivity (Wildman–Crippen MR) is 99.5 cm³/mol. The third kappa shape index (κ3) is 2.85. The third-order valence-corrected chi connectivity index (χ3v) is 6.01. The number of anilines is 1. The molecule has 7 nitrogen and oxygen atoms in total. The van der Waals surface area contributed by atoms with E-state index in [1.165, 1.54) is 25.9 Å². The predicted octanol–water partition coefficient (Wildman–Crippen LogP) is 1.06. The summed E-state index contributed by atoms with van der Waals surface area (Å²) in [5.41, 5.74) is 1.96. The van der Waals surface area contributed by atoms with E-state index in [0.717, 1.165) is 32.7 Å². The first-order valence-electron chi connectivity index (χ1n) is 9.66. The van der Waals surface area contributed by atoms with Gasteiger partial charge in [-0.25, -0.2) is 0 Å². The minimum Gasteiger partial charge on any atom is -0.423 e. The van der Waals surface area contributed by atoms with Crippen LogP contribution in [0.4, 0.5) is 6.01 Å². The number of oxazole rings is 1. The zero-order chi connectivity index (χ0) is 17.5. The van der Waals surface area contributed by atoms with Gasteiger partial charge in [-0.2, -0.15) is 4.98 Å². The fourth-order valence-corrected chi connectivity index (χ4v) is 4.49. The van der Waals surface area contributed by atoms with Crippen molar-refractivity contribution in [2.75, 3.05) is 50.7 Å². The molecule has 1 aromatic carbocycles. The van der Waals surface area contributed by atoms with Crippen molar-refractivity contribution in [3.8, 4) is 0 Å². The summed E-state index contributed by atoms with van der Waals surface area (Å²) in [7, 11) is 0. The molecule has 6 rings (SSSR count). The summed E-state index contributed by atoms with van der Waals surface area (Å²) >= 11 is 0. The van der Waals surface area contributed by atoms with Crippen LogP contribution in [0.25, 0.3) is 11.1 Å². The number of nitrogens with zero attached hydrogens (tertiary/aromatic N) is 3. The zero-order valence-electron chi connectivity index (χ0n) is 14.9. The molecule has 2 N–H and O–H groups in total. The van der Waals surface area contributed by atoms with Crippen molar-refractivity contribution in [1.82, 2.24) is 20.5 Å². The number of rotatable bonds is 3. The van der Waals surface area contributed by atoms with E-state index in [2.05, 4.69) is 25.4 Å². The molecule has 0 spiro atoms. The molecule has 7 heteroatoms. The van der Waals surface area contributed by atoms with E-state index in [-0.39, 0.29) is 11.9 Å². The summed E-state index contributed by atoms with van der Waals surface area (Å²) in [5, 5.41) is 6.59. The second-order valence-corrected chi connectivity index (χ2v) is 7.60. The molecular weight excluding hydrogens is 330 g/mol. The molecule has 4 saturated heterocycles. The van der Waals surface area contributed by atoms with Gasteiger partial charge in [-0.3, -0.25) is 4.79 Å². The number of benzene rings is 1. The van der Waals surface area contributed by atoms with Crippen molar-refractivity contribution in [3.05, 3.63) is 23.8 Å². The van der Waals surface area contributed by atoms with Gasteiger partial charge in [0.05, 0.1) is 5.56 Å². The number of nitrogens with one attached hydrogen (secondary N) is 2. The van der Waals surface area contributed by atoms with Gasteiger partial charge in [0.2, 0.25) is 0 Å². The average molecular weight is 355 g/mol. The van der Waals surface area contributed by atoms with Gasteiger partial charge in [-0.05, 0) is 44.0 Å². The maximum Gasteiger partial charge on any atom is 0.298 e. The van der Waals surface area contributed by atoms with E-state index < -0.39 is 0 Å². The van der Waals surface area contributed by atoms with E-state index >= 15 is 0 Å². The number of hydrogen-bond donors (Lipinski definition) is 2. The molecule has 0 radical (unpaired) electrons. The number of aromatic nitrogens is 1. The van der Waals surface area contributed by atoms with Gasteiger partial charge in [0.15, 0.2) is 5.58 Å². The summed E-state index contributed by atoms with van der Waals surface area (Å²) in [6, 6.07) is 6.48. The Hall–Kier alpha value is -2.12. The van der Waals surface area contributed by atoms with Crippen LogP contribution in [-0.2, 0) is 0 Å². The molecule has 2 aromatic rings. The molecule has 5 heterocycles. The highest BCUT2D eigenvalue weighted by Gasteiger charge is 2.35. The second kappa shape index (κ2) is 6.55. The normalized spacial score (nSPS) is 28.5. The average Bonchev–Trinajstić information content (AvgIpc) is 3.14. The topological polar surface area (TPSA) is 73.6 Å². The summed E-state index contributed by atoms with van der Waals surface area (Å²) < 4.78 is 5.94. The Kier molecular flexibility index (Phi) is 4.05. The Morgan fingerprint density at radius 3 is 2.73 bits per heavy atom. The smallest absolute Gasteiger partial charge is 0.298 e. The van der Waals surface area contributed by atoms with Gasteiger partial charge in [-0.15, -0.1) is 0 Å². The molecule has 1 unspecified atom stereocenters. The zero-order valence-corrected chi connectivity index (χ0v) is 14.9. The highest BCUT2D eigenvalue weighted by atomic mass is 16.4. The van der Waals surface area contributed by atoms with Crippen LogP contribution in [-0.4, -0.2) is 67.6 Å². The molecule has 4 aliphatic heterocycles. The fourth-order valence-electron chi connectivity index (χ4n) is 4.49. The lowest BCUT2D eigenvalue weighted by molar-refractivity contribution is 0.0621. The number of piperazine rings is 1. The quantitative estimate of drug-likeness (QED) is 0.858. The van der Waals surface area contributed by atoms with Crippen molar-refractivity contribution in [3.63, 3.8) is 0 Å². The molecule has 4 fully saturated rings. The number of fused-ring (bicyclic) bond motifs is 4. The van der Waals surface area contributed by atoms with Gasteiger partial charge in [-0.1, -0.05) is 6.07 Å². The lowest BCUT2D eigenvalue weighted by Crippen LogP contribution is -2.57. The number of para-hydroxylation sites is 1. The van der Waals surface area contributed by atoms with Crippen LogP contribution in [0.15, 0.2) is 22.6 Å². The molecule has 26 heavy (non-hydrogen) atoms. The minimum absolute atomic E-state index is 0.0329. The lowest BCUT2D eigenvalue weighted by atomic mass is 9.84. The summed E-state index contributed by atoms with van der Waals surface area (Å²) in [6.45, 7) is 6.89. The first-order chi connectivity index (χ1) is 12.8. The summed E-state index contributed by atoms with van der Waals surface area (Å²) in [4.78, 5) is 22.2. The first-order valence-corrected chi connectivity index (χ1v) is 9.66. The lowest BCUT2D eigenvalue weighted by Gasteiger charge is -2.44. The minimum atomic E-state index is -0.0329. The van der Waals surface area contributed by atoms with Crippen LogP contribution in [0.3, 0.4) is 0 Å². The SMILES string of the molecule is O=C(NC1CN2CCC1CC2)c1cccc2oc(N3CCNCC3)nc12. The number of hydrogen-bond acceptors (Lipinski definition) is 6. The molecule has 1 atom stereocenters. The van der Waals surface area contributed by atoms with Crippen LogP contribution in [0.1, 0.15) is 23.2 Å². The molecule has 1 amide bonds. The molecule has 0 aliphatic carbocycles. The first kappa shape index (κ1) is 16.1. The van der Waals surface area contributed by atoms with Crippen molar-refractivity contribution in [2.24, 2.45) is 5.92 Å². The number of amides is 1. The van der Waals surface area contributed by atoms with E-state index in [9.17, 15) is 4.79 Å². The van der Waals surface area contributed by atoms with Gasteiger partial charge in [0.1, 0.15) is 5.52 Å². The highest BCUT2D eigenvalue weighted by Crippen LogP contribution is 2.29. The Bertz CT molecular complexity index is 805.